The van der Waals surface area contributed by atoms with E-state index in [9.17, 15) is 24.1 Å². The topological polar surface area (TPSA) is 157 Å². The lowest BCUT2D eigenvalue weighted by molar-refractivity contribution is -0.161. The van der Waals surface area contributed by atoms with E-state index in [0.717, 1.165) is 44.9 Å². The maximum Gasteiger partial charge on any atom is 0.469 e. The second kappa shape index (κ2) is 31.0. The van der Waals surface area contributed by atoms with Crippen molar-refractivity contribution in [2.45, 2.75) is 167 Å². The zero-order valence-electron chi connectivity index (χ0n) is 32.0. The Labute approximate surface area is 313 Å². The average Bonchev–Trinajstić information content (AvgIpc) is 3.46. The molecule has 0 heterocycles. The Morgan fingerprint density at radius 3 is 2.02 bits per heavy atom. The lowest BCUT2D eigenvalue weighted by atomic mass is 9.90. The molecule has 1 aliphatic carbocycles. The molecule has 0 aliphatic heterocycles. The number of carbonyl (C=O) groups is 3. The number of allylic oxidation sites excluding steroid dienone is 7. The van der Waals surface area contributed by atoms with Gasteiger partial charge in [0, 0.05) is 18.8 Å². The highest BCUT2D eigenvalue weighted by molar-refractivity contribution is 7.46. The van der Waals surface area contributed by atoms with Crippen molar-refractivity contribution in [1.29, 1.82) is 0 Å². The smallest absolute Gasteiger partial charge is 0.462 e. The van der Waals surface area contributed by atoms with Gasteiger partial charge in [0.05, 0.1) is 12.7 Å². The minimum Gasteiger partial charge on any atom is -0.462 e. The number of esters is 2. The summed E-state index contributed by atoms with van der Waals surface area (Å²) in [5, 5.41) is 10.2. The van der Waals surface area contributed by atoms with Crippen LogP contribution in [0.4, 0.5) is 0 Å². The Balaban J connectivity index is 2.27. The Bertz CT molecular complexity index is 1120. The number of phosphoric ester groups is 1. The molecule has 0 spiro atoms. The van der Waals surface area contributed by atoms with Gasteiger partial charge in [-0.3, -0.25) is 18.9 Å². The number of aliphatic hydroxyl groups excluding tert-OH is 1. The van der Waals surface area contributed by atoms with Crippen LogP contribution < -0.4 is 0 Å². The molecule has 10 nitrogen and oxygen atoms in total. The van der Waals surface area contributed by atoms with E-state index < -0.39 is 38.6 Å². The van der Waals surface area contributed by atoms with Crippen molar-refractivity contribution in [3.63, 3.8) is 0 Å². The summed E-state index contributed by atoms with van der Waals surface area (Å²) in [5.74, 6) is -1.26. The maximum absolute atomic E-state index is 12.4. The van der Waals surface area contributed by atoms with Gasteiger partial charge in [-0.15, -0.1) is 0 Å². The van der Waals surface area contributed by atoms with Crippen molar-refractivity contribution in [2.75, 3.05) is 13.2 Å². The molecule has 0 saturated carbocycles. The monoisotopic (exact) mass is 752 g/mol. The van der Waals surface area contributed by atoms with Gasteiger partial charge in [0.25, 0.3) is 0 Å². The molecule has 4 atom stereocenters. The third kappa shape index (κ3) is 27.3. The van der Waals surface area contributed by atoms with Gasteiger partial charge in [-0.05, 0) is 69.8 Å². The fraction of sp³-hybridized carbons (Fsp3) is 0.732. The quantitative estimate of drug-likeness (QED) is 0.0255. The summed E-state index contributed by atoms with van der Waals surface area (Å²) in [6, 6.07) is 0. The first-order valence-corrected chi connectivity index (χ1v) is 21.5. The van der Waals surface area contributed by atoms with Crippen LogP contribution in [0.15, 0.2) is 48.6 Å². The zero-order valence-corrected chi connectivity index (χ0v) is 32.9. The van der Waals surface area contributed by atoms with Crippen LogP contribution in [-0.2, 0) is 32.9 Å². The maximum atomic E-state index is 12.4. The Morgan fingerprint density at radius 1 is 0.769 bits per heavy atom. The van der Waals surface area contributed by atoms with Crippen molar-refractivity contribution in [3.8, 4) is 0 Å². The SMILES string of the molecule is CCCCCC/C=C\CCCCCCCCCC(=O)O[C@H](COC(=O)CCC/C=C\C[C@H]1C=CC(=O)[C@@H]1/C=C/[C@@H](O)CCCCC)COP(=O)(O)O. The van der Waals surface area contributed by atoms with Crippen LogP contribution in [0.2, 0.25) is 0 Å². The number of hydrogen-bond donors (Lipinski definition) is 3. The zero-order chi connectivity index (χ0) is 38.3. The van der Waals surface area contributed by atoms with Gasteiger partial charge in [-0.2, -0.15) is 0 Å². The lowest BCUT2D eigenvalue weighted by Gasteiger charge is -2.18. The number of ketones is 1. The third-order valence-corrected chi connectivity index (χ3v) is 9.55. The number of phosphoric acid groups is 1. The van der Waals surface area contributed by atoms with Gasteiger partial charge < -0.3 is 24.4 Å². The standard InChI is InChI=1S/C41H69O10P/c1-3-5-7-8-9-10-11-12-13-14-15-16-17-18-24-28-41(45)51-37(34-50-52(46,47)48)33-49-40(44)27-23-20-19-22-25-35-29-32-39(43)38(35)31-30-36(42)26-21-6-4-2/h10-11,19,22,29-32,35-38,42H,3-9,12-18,20-21,23-28,33-34H2,1-2H3,(H2,46,47,48)/b11-10-,22-19-,31-30+/t35-,36-,37+,38+/m0/s1. The predicted octanol–water partition coefficient (Wildman–Crippen LogP) is 9.57. The molecule has 52 heavy (non-hydrogen) atoms. The molecule has 0 radical (unpaired) electrons. The molecular weight excluding hydrogens is 683 g/mol. The van der Waals surface area contributed by atoms with Crippen LogP contribution in [-0.4, -0.2) is 58.0 Å². The fourth-order valence-corrected chi connectivity index (χ4v) is 6.31. The minimum absolute atomic E-state index is 0.0278. The molecule has 298 valence electrons. The van der Waals surface area contributed by atoms with E-state index in [1.54, 1.807) is 12.2 Å². The first-order valence-electron chi connectivity index (χ1n) is 20.0. The van der Waals surface area contributed by atoms with Crippen LogP contribution in [0.1, 0.15) is 155 Å². The predicted molar refractivity (Wildman–Crippen MR) is 206 cm³/mol. The van der Waals surface area contributed by atoms with Crippen molar-refractivity contribution < 1.29 is 47.8 Å². The van der Waals surface area contributed by atoms with Crippen LogP contribution in [0.5, 0.6) is 0 Å². The lowest BCUT2D eigenvalue weighted by Crippen LogP contribution is -2.29. The molecule has 0 aromatic carbocycles. The number of rotatable bonds is 33. The van der Waals surface area contributed by atoms with Crippen LogP contribution in [0.25, 0.3) is 0 Å². The van der Waals surface area contributed by atoms with Crippen LogP contribution in [0.3, 0.4) is 0 Å². The summed E-state index contributed by atoms with van der Waals surface area (Å²) in [6.45, 7) is 3.39. The fourth-order valence-electron chi connectivity index (χ4n) is 5.95. The highest BCUT2D eigenvalue weighted by Crippen LogP contribution is 2.36. The van der Waals surface area contributed by atoms with E-state index >= 15 is 0 Å². The summed E-state index contributed by atoms with van der Waals surface area (Å²) >= 11 is 0. The van der Waals surface area contributed by atoms with Crippen molar-refractivity contribution in [3.05, 3.63) is 48.6 Å². The Hall–Kier alpha value is -2.36. The second-order valence-electron chi connectivity index (χ2n) is 13.9. The van der Waals surface area contributed by atoms with E-state index in [1.165, 1.54) is 51.4 Å². The van der Waals surface area contributed by atoms with Gasteiger partial charge in [-0.25, -0.2) is 4.57 Å². The van der Waals surface area contributed by atoms with Gasteiger partial charge >= 0.3 is 19.8 Å². The molecule has 0 saturated heterocycles. The molecule has 3 N–H and O–H groups in total. The van der Waals surface area contributed by atoms with Gasteiger partial charge in [0.2, 0.25) is 0 Å². The van der Waals surface area contributed by atoms with Crippen LogP contribution in [0, 0.1) is 11.8 Å². The Kier molecular flexibility index (Phi) is 28.4. The number of hydrogen-bond acceptors (Lipinski definition) is 8. The summed E-state index contributed by atoms with van der Waals surface area (Å²) in [6.07, 6.45) is 34.6. The van der Waals surface area contributed by atoms with Crippen LogP contribution >= 0.6 is 7.82 Å². The number of carbonyl (C=O) groups excluding carboxylic acids is 3. The van der Waals surface area contributed by atoms with E-state index in [4.69, 9.17) is 19.3 Å². The van der Waals surface area contributed by atoms with Crippen molar-refractivity contribution >= 4 is 25.5 Å². The summed E-state index contributed by atoms with van der Waals surface area (Å²) in [5.41, 5.74) is 0. The number of ether oxygens (including phenoxy) is 2. The largest absolute Gasteiger partial charge is 0.469 e. The first kappa shape index (κ1) is 47.7. The molecule has 0 aromatic heterocycles. The molecule has 0 amide bonds. The molecular formula is C41H69O10P. The molecule has 1 rings (SSSR count). The van der Waals surface area contributed by atoms with Gasteiger partial charge in [0.15, 0.2) is 11.9 Å². The highest BCUT2D eigenvalue weighted by Gasteiger charge is 2.27. The molecule has 0 aromatic rings. The summed E-state index contributed by atoms with van der Waals surface area (Å²) < 4.78 is 26.3. The number of aliphatic hydroxyl groups is 1. The summed E-state index contributed by atoms with van der Waals surface area (Å²) in [4.78, 5) is 55.2. The second-order valence-corrected chi connectivity index (χ2v) is 15.2. The minimum atomic E-state index is -4.80. The van der Waals surface area contributed by atoms with Gasteiger partial charge in [-0.1, -0.05) is 127 Å². The average molecular weight is 753 g/mol. The summed E-state index contributed by atoms with van der Waals surface area (Å²) in [7, 11) is -4.80. The first-order chi connectivity index (χ1) is 25.1. The highest BCUT2D eigenvalue weighted by atomic mass is 31.2. The molecule has 0 fully saturated rings. The van der Waals surface area contributed by atoms with E-state index in [2.05, 4.69) is 30.5 Å². The van der Waals surface area contributed by atoms with Crippen molar-refractivity contribution in [1.82, 2.24) is 0 Å². The molecule has 11 heteroatoms. The third-order valence-electron chi connectivity index (χ3n) is 9.07. The number of unbranched alkanes of at least 4 members (excludes halogenated alkanes) is 14. The van der Waals surface area contributed by atoms with Gasteiger partial charge in [0.1, 0.15) is 6.61 Å². The molecule has 0 unspecified atom stereocenters. The normalized spacial score (nSPS) is 17.5. The van der Waals surface area contributed by atoms with Crippen molar-refractivity contribution in [2.24, 2.45) is 11.8 Å². The van der Waals surface area contributed by atoms with E-state index in [1.807, 2.05) is 24.3 Å². The van der Waals surface area contributed by atoms with E-state index in [-0.39, 0.29) is 37.1 Å². The Morgan fingerprint density at radius 2 is 1.35 bits per heavy atom. The van der Waals surface area contributed by atoms with E-state index in [0.29, 0.717) is 32.1 Å². The molecule has 1 aliphatic rings. The molecule has 0 bridgehead atoms.